The van der Waals surface area contributed by atoms with E-state index in [9.17, 15) is 4.39 Å². The van der Waals surface area contributed by atoms with Gasteiger partial charge in [-0.2, -0.15) is 5.10 Å². The van der Waals surface area contributed by atoms with E-state index in [4.69, 9.17) is 16.2 Å². The smallest absolute Gasteiger partial charge is 0.211 e. The molecule has 15 heavy (non-hydrogen) atoms. The summed E-state index contributed by atoms with van der Waals surface area (Å²) >= 11 is 0. The van der Waals surface area contributed by atoms with Crippen molar-refractivity contribution in [2.45, 2.75) is 0 Å². The molecule has 0 unspecified atom stereocenters. The highest BCUT2D eigenvalue weighted by Gasteiger charge is 2.01. The number of guanidine groups is 1. The van der Waals surface area contributed by atoms with Crippen molar-refractivity contribution in [2.24, 2.45) is 21.7 Å². The Bertz CT molecular complexity index is 399. The third kappa shape index (κ3) is 3.26. The van der Waals surface area contributed by atoms with Crippen LogP contribution in [0.1, 0.15) is 5.56 Å². The summed E-state index contributed by atoms with van der Waals surface area (Å²) in [4.78, 5) is 0. The third-order valence-electron chi connectivity index (χ3n) is 1.56. The number of hydrogen-bond donors (Lipinski definition) is 2. The van der Waals surface area contributed by atoms with Gasteiger partial charge in [0.1, 0.15) is 11.6 Å². The van der Waals surface area contributed by atoms with Gasteiger partial charge >= 0.3 is 0 Å². The first-order chi connectivity index (χ1) is 7.13. The van der Waals surface area contributed by atoms with Crippen molar-refractivity contribution in [2.75, 3.05) is 7.11 Å². The molecule has 0 atom stereocenters. The molecular weight excluding hydrogens is 199 g/mol. The molecule has 0 heterocycles. The second kappa shape index (κ2) is 4.94. The Hall–Kier alpha value is -2.11. The Morgan fingerprint density at radius 3 is 2.80 bits per heavy atom. The summed E-state index contributed by atoms with van der Waals surface area (Å²) in [6.07, 6.45) is 1.31. The molecule has 0 aliphatic heterocycles. The van der Waals surface area contributed by atoms with Crippen LogP contribution in [0, 0.1) is 5.82 Å². The molecule has 0 aliphatic carbocycles. The molecule has 0 fully saturated rings. The number of nitrogens with zero attached hydrogens (tertiary/aromatic N) is 2. The van der Waals surface area contributed by atoms with E-state index in [1.54, 1.807) is 0 Å². The van der Waals surface area contributed by atoms with E-state index in [0.29, 0.717) is 11.3 Å². The van der Waals surface area contributed by atoms with Crippen molar-refractivity contribution in [3.63, 3.8) is 0 Å². The number of ether oxygens (including phenoxy) is 1. The fraction of sp³-hybridized carbons (Fsp3) is 0.111. The van der Waals surface area contributed by atoms with E-state index in [2.05, 4.69) is 10.2 Å². The van der Waals surface area contributed by atoms with Crippen molar-refractivity contribution in [1.82, 2.24) is 0 Å². The van der Waals surface area contributed by atoms with Crippen LogP contribution in [-0.4, -0.2) is 19.3 Å². The highest BCUT2D eigenvalue weighted by Crippen LogP contribution is 2.17. The summed E-state index contributed by atoms with van der Waals surface area (Å²) in [6.45, 7) is 0. The maximum Gasteiger partial charge on any atom is 0.211 e. The highest BCUT2D eigenvalue weighted by molar-refractivity contribution is 5.84. The fourth-order valence-corrected chi connectivity index (χ4v) is 0.964. The molecule has 0 amide bonds. The lowest BCUT2D eigenvalue weighted by atomic mass is 10.2. The zero-order valence-electron chi connectivity index (χ0n) is 8.14. The Morgan fingerprint density at radius 2 is 2.20 bits per heavy atom. The quantitative estimate of drug-likeness (QED) is 0.431. The first kappa shape index (κ1) is 11.0. The maximum absolute atomic E-state index is 12.9. The van der Waals surface area contributed by atoms with Gasteiger partial charge in [-0.1, -0.05) is 0 Å². The largest absolute Gasteiger partial charge is 0.496 e. The number of hydrogen-bond acceptors (Lipinski definition) is 3. The van der Waals surface area contributed by atoms with Crippen LogP contribution in [0.3, 0.4) is 0 Å². The number of nitrogens with two attached hydrogens (primary N) is 2. The van der Waals surface area contributed by atoms with Crippen LogP contribution in [0.15, 0.2) is 28.4 Å². The monoisotopic (exact) mass is 210 g/mol. The Morgan fingerprint density at radius 1 is 1.47 bits per heavy atom. The lowest BCUT2D eigenvalue weighted by Crippen LogP contribution is -2.21. The van der Waals surface area contributed by atoms with Crippen LogP contribution in [-0.2, 0) is 0 Å². The molecule has 1 rings (SSSR count). The molecule has 5 nitrogen and oxygen atoms in total. The predicted molar refractivity (Wildman–Crippen MR) is 56.4 cm³/mol. The first-order valence-electron chi connectivity index (χ1n) is 4.09. The van der Waals surface area contributed by atoms with Gasteiger partial charge in [0.05, 0.1) is 13.3 Å². The molecule has 0 radical (unpaired) electrons. The van der Waals surface area contributed by atoms with Crippen molar-refractivity contribution in [3.8, 4) is 5.75 Å². The molecule has 0 saturated heterocycles. The lowest BCUT2D eigenvalue weighted by molar-refractivity contribution is 0.413. The molecule has 6 heteroatoms. The van der Waals surface area contributed by atoms with Gasteiger partial charge in [0.15, 0.2) is 0 Å². The van der Waals surface area contributed by atoms with Crippen LogP contribution in [0.2, 0.25) is 0 Å². The molecular formula is C9H11FN4O. The molecule has 1 aromatic carbocycles. The number of benzene rings is 1. The van der Waals surface area contributed by atoms with Gasteiger partial charge in [-0.3, -0.25) is 0 Å². The first-order valence-corrected chi connectivity index (χ1v) is 4.09. The van der Waals surface area contributed by atoms with Crippen LogP contribution in [0.4, 0.5) is 4.39 Å². The third-order valence-corrected chi connectivity index (χ3v) is 1.56. The Kier molecular flexibility index (Phi) is 3.61. The zero-order valence-corrected chi connectivity index (χ0v) is 8.14. The van der Waals surface area contributed by atoms with E-state index >= 15 is 0 Å². The number of rotatable bonds is 3. The molecule has 80 valence electrons. The van der Waals surface area contributed by atoms with Crippen molar-refractivity contribution in [3.05, 3.63) is 29.6 Å². The van der Waals surface area contributed by atoms with E-state index < -0.39 is 0 Å². The van der Waals surface area contributed by atoms with Crippen molar-refractivity contribution >= 4 is 12.2 Å². The Balaban J connectivity index is 2.97. The van der Waals surface area contributed by atoms with Gasteiger partial charge in [0, 0.05) is 5.56 Å². The fourth-order valence-electron chi connectivity index (χ4n) is 0.964. The van der Waals surface area contributed by atoms with Gasteiger partial charge in [0.2, 0.25) is 5.96 Å². The van der Waals surface area contributed by atoms with Gasteiger partial charge in [-0.05, 0) is 18.2 Å². The van der Waals surface area contributed by atoms with Crippen LogP contribution in [0.5, 0.6) is 5.75 Å². The molecule has 0 aromatic heterocycles. The molecule has 0 aliphatic rings. The minimum Gasteiger partial charge on any atom is -0.496 e. The van der Waals surface area contributed by atoms with E-state index in [0.717, 1.165) is 0 Å². The summed E-state index contributed by atoms with van der Waals surface area (Å²) in [5, 5.41) is 6.95. The van der Waals surface area contributed by atoms with Gasteiger partial charge in [-0.25, -0.2) is 4.39 Å². The van der Waals surface area contributed by atoms with Crippen LogP contribution >= 0.6 is 0 Å². The summed E-state index contributed by atoms with van der Waals surface area (Å²) in [7, 11) is 1.48. The topological polar surface area (TPSA) is 86.0 Å². The molecule has 0 bridgehead atoms. The van der Waals surface area contributed by atoms with Crippen LogP contribution < -0.4 is 16.2 Å². The van der Waals surface area contributed by atoms with Crippen molar-refractivity contribution in [1.29, 1.82) is 0 Å². The summed E-state index contributed by atoms with van der Waals surface area (Å²) in [5.41, 5.74) is 10.6. The van der Waals surface area contributed by atoms with E-state index in [-0.39, 0.29) is 11.8 Å². The summed E-state index contributed by atoms with van der Waals surface area (Å²) in [6, 6.07) is 4.05. The van der Waals surface area contributed by atoms with Gasteiger partial charge < -0.3 is 16.2 Å². The zero-order chi connectivity index (χ0) is 11.3. The molecule has 0 spiro atoms. The number of methoxy groups -OCH3 is 1. The average Bonchev–Trinajstić information content (AvgIpc) is 2.17. The maximum atomic E-state index is 12.9. The summed E-state index contributed by atoms with van der Waals surface area (Å²) in [5.74, 6) is -0.0606. The van der Waals surface area contributed by atoms with Gasteiger partial charge in [0.25, 0.3) is 0 Å². The predicted octanol–water partition coefficient (Wildman–Crippen LogP) is 0.442. The Labute approximate surface area is 86.2 Å². The molecule has 4 N–H and O–H groups in total. The standard InChI is InChI=1S/C9H11FN4O/c1-15-8-3-2-7(10)4-6(8)5-13-14-9(11)12/h2-5H,1H3,(H4,11,12,14). The van der Waals surface area contributed by atoms with Gasteiger partial charge in [-0.15, -0.1) is 5.10 Å². The second-order valence-corrected chi connectivity index (χ2v) is 2.66. The second-order valence-electron chi connectivity index (χ2n) is 2.66. The molecule has 0 saturated carbocycles. The minimum atomic E-state index is -0.387. The minimum absolute atomic E-state index is 0.165. The number of halogens is 1. The van der Waals surface area contributed by atoms with Crippen LogP contribution in [0.25, 0.3) is 0 Å². The average molecular weight is 210 g/mol. The van der Waals surface area contributed by atoms with E-state index in [1.165, 1.54) is 31.5 Å². The molecule has 1 aromatic rings. The summed E-state index contributed by atoms with van der Waals surface area (Å²) < 4.78 is 17.9. The SMILES string of the molecule is COc1ccc(F)cc1C=NN=C(N)N. The normalized spacial score (nSPS) is 10.3. The highest BCUT2D eigenvalue weighted by atomic mass is 19.1. The van der Waals surface area contributed by atoms with Crippen molar-refractivity contribution < 1.29 is 9.13 Å². The lowest BCUT2D eigenvalue weighted by Gasteiger charge is -2.02. The van der Waals surface area contributed by atoms with E-state index in [1.807, 2.05) is 0 Å².